The monoisotopic (exact) mass is 390 g/mol. The molecule has 27 heavy (non-hydrogen) atoms. The lowest BCUT2D eigenvalue weighted by Gasteiger charge is -2.41. The molecule has 6 heteroatoms. The topological polar surface area (TPSA) is 98.0 Å². The number of aliphatic hydroxyl groups excluding tert-OH is 3. The highest BCUT2D eigenvalue weighted by Gasteiger charge is 2.33. The molecule has 2 unspecified atom stereocenters. The Hall–Kier alpha value is -0.690. The summed E-state index contributed by atoms with van der Waals surface area (Å²) >= 11 is 0. The third-order valence-corrected chi connectivity index (χ3v) is 5.35. The van der Waals surface area contributed by atoms with Crippen LogP contribution in [-0.2, 0) is 4.79 Å². The van der Waals surface area contributed by atoms with Crippen molar-refractivity contribution < 1.29 is 29.7 Å². The Bertz CT molecular complexity index is 344. The minimum atomic E-state index is -0.884. The van der Waals surface area contributed by atoms with Crippen LogP contribution in [0.4, 0.5) is 0 Å². The predicted octanol–water partition coefficient (Wildman–Crippen LogP) is 2.93. The van der Waals surface area contributed by atoms with Gasteiger partial charge in [-0.05, 0) is 12.8 Å². The van der Waals surface area contributed by atoms with Crippen molar-refractivity contribution in [1.29, 1.82) is 0 Å². The smallest absolute Gasteiger partial charge is 0.309 e. The average molecular weight is 391 g/mol. The molecule has 0 aliphatic heterocycles. The molecule has 0 amide bonds. The van der Waals surface area contributed by atoms with Crippen molar-refractivity contribution in [2.45, 2.75) is 96.7 Å². The Kier molecular flexibility index (Phi) is 15.9. The fraction of sp³-hybridized carbons (Fsp3) is 0.952. The first kappa shape index (κ1) is 26.3. The number of hydrogen-bond donors (Lipinski definition) is 4. The molecule has 0 bridgehead atoms. The molecule has 0 spiro atoms. The van der Waals surface area contributed by atoms with E-state index in [1.165, 1.54) is 0 Å². The number of hydrogen-bond acceptors (Lipinski definition) is 4. The van der Waals surface area contributed by atoms with Gasteiger partial charge in [-0.1, -0.05) is 65.2 Å². The summed E-state index contributed by atoms with van der Waals surface area (Å²) in [4.78, 5) is 11.1. The van der Waals surface area contributed by atoms with Crippen LogP contribution in [0.1, 0.15) is 84.5 Å². The molecule has 0 aliphatic carbocycles. The summed E-state index contributed by atoms with van der Waals surface area (Å²) in [7, 11) is 0. The van der Waals surface area contributed by atoms with E-state index in [4.69, 9.17) is 5.11 Å². The molecule has 0 aliphatic rings. The molecule has 4 N–H and O–H groups in total. The van der Waals surface area contributed by atoms with Gasteiger partial charge < -0.3 is 24.9 Å². The molecule has 0 saturated heterocycles. The van der Waals surface area contributed by atoms with Gasteiger partial charge in [-0.3, -0.25) is 4.79 Å². The zero-order valence-electron chi connectivity index (χ0n) is 17.6. The van der Waals surface area contributed by atoms with Crippen LogP contribution in [0.15, 0.2) is 0 Å². The number of quaternary nitrogens is 1. The molecule has 6 nitrogen and oxygen atoms in total. The molecule has 0 rings (SSSR count). The maximum Gasteiger partial charge on any atom is 0.309 e. The van der Waals surface area contributed by atoms with Crippen LogP contribution in [0.2, 0.25) is 0 Å². The second-order valence-electron chi connectivity index (χ2n) is 8.03. The van der Waals surface area contributed by atoms with Crippen molar-refractivity contribution in [3.8, 4) is 0 Å². The highest BCUT2D eigenvalue weighted by atomic mass is 16.4. The normalized spacial score (nSPS) is 16.0. The van der Waals surface area contributed by atoms with Gasteiger partial charge in [0.15, 0.2) is 0 Å². The van der Waals surface area contributed by atoms with Crippen LogP contribution in [0.3, 0.4) is 0 Å². The number of carbonyl (C=O) groups is 1. The molecule has 0 heterocycles. The fourth-order valence-electron chi connectivity index (χ4n) is 3.79. The Morgan fingerprint density at radius 1 is 0.815 bits per heavy atom. The lowest BCUT2D eigenvalue weighted by Crippen LogP contribution is -2.58. The number of nitrogens with zero attached hydrogens (tertiary/aromatic N) is 1. The SMILES string of the molecule is CCCCCCC(O)C[N+](CCO)(CCC(=O)O)CC(O)CCCCCC. The summed E-state index contributed by atoms with van der Waals surface area (Å²) in [6, 6.07) is 0. The number of carboxylic acids is 1. The van der Waals surface area contributed by atoms with Crippen molar-refractivity contribution in [1.82, 2.24) is 0 Å². The minimum absolute atomic E-state index is 0.0227. The molecule has 0 saturated carbocycles. The van der Waals surface area contributed by atoms with Gasteiger partial charge in [0.05, 0.1) is 19.6 Å². The van der Waals surface area contributed by atoms with Crippen LogP contribution in [0.5, 0.6) is 0 Å². The van der Waals surface area contributed by atoms with E-state index in [2.05, 4.69) is 13.8 Å². The number of rotatable bonds is 19. The van der Waals surface area contributed by atoms with Gasteiger partial charge in [-0.15, -0.1) is 0 Å². The zero-order chi connectivity index (χ0) is 20.5. The van der Waals surface area contributed by atoms with Crippen LogP contribution in [0.25, 0.3) is 0 Å². The van der Waals surface area contributed by atoms with Crippen LogP contribution < -0.4 is 0 Å². The lowest BCUT2D eigenvalue weighted by molar-refractivity contribution is -0.933. The van der Waals surface area contributed by atoms with Gasteiger partial charge in [0.25, 0.3) is 0 Å². The molecule has 2 atom stereocenters. The number of aliphatic hydroxyl groups is 3. The van der Waals surface area contributed by atoms with Crippen LogP contribution >= 0.6 is 0 Å². The van der Waals surface area contributed by atoms with E-state index in [0.717, 1.165) is 51.4 Å². The molecule has 0 radical (unpaired) electrons. The molecule has 0 aromatic heterocycles. The van der Waals surface area contributed by atoms with E-state index in [1.54, 1.807) is 0 Å². The highest BCUT2D eigenvalue weighted by Crippen LogP contribution is 2.17. The second-order valence-corrected chi connectivity index (χ2v) is 8.03. The van der Waals surface area contributed by atoms with E-state index in [-0.39, 0.29) is 17.5 Å². The third-order valence-electron chi connectivity index (χ3n) is 5.35. The maximum atomic E-state index is 11.1. The van der Waals surface area contributed by atoms with E-state index in [1.807, 2.05) is 0 Å². The van der Waals surface area contributed by atoms with Gasteiger partial charge in [0.1, 0.15) is 31.8 Å². The number of aliphatic carboxylic acids is 1. The Labute approximate surface area is 165 Å². The van der Waals surface area contributed by atoms with Crippen LogP contribution in [-0.4, -0.2) is 75.9 Å². The molecule has 162 valence electrons. The number of unbranched alkanes of at least 4 members (excludes halogenated alkanes) is 6. The zero-order valence-corrected chi connectivity index (χ0v) is 17.6. The van der Waals surface area contributed by atoms with Crippen molar-refractivity contribution in [2.24, 2.45) is 0 Å². The van der Waals surface area contributed by atoms with E-state index < -0.39 is 18.2 Å². The Morgan fingerprint density at radius 3 is 1.67 bits per heavy atom. The summed E-state index contributed by atoms with van der Waals surface area (Å²) in [5.74, 6) is -0.884. The lowest BCUT2D eigenvalue weighted by atomic mass is 10.0. The maximum absolute atomic E-state index is 11.1. The second kappa shape index (κ2) is 16.3. The molecular weight excluding hydrogens is 346 g/mol. The van der Waals surface area contributed by atoms with E-state index >= 15 is 0 Å². The number of carboxylic acid groups (broad SMARTS) is 1. The van der Waals surface area contributed by atoms with Gasteiger partial charge in [-0.2, -0.15) is 0 Å². The Balaban J connectivity index is 4.84. The molecule has 0 aromatic carbocycles. The summed E-state index contributed by atoms with van der Waals surface area (Å²) in [6.07, 6.45) is 8.94. The fourth-order valence-corrected chi connectivity index (χ4v) is 3.79. The summed E-state index contributed by atoms with van der Waals surface area (Å²) < 4.78 is 0.271. The standard InChI is InChI=1S/C21H43NO5/c1-3-5-7-9-11-19(24)17-22(15-16-23,14-13-21(26)27)18-20(25)12-10-8-6-4-2/h19-20,23-25H,3-18H2,1-2H3/p+1. The average Bonchev–Trinajstić information content (AvgIpc) is 2.61. The quantitative estimate of drug-likeness (QED) is 0.201. The molecule has 0 fully saturated rings. The van der Waals surface area contributed by atoms with Crippen molar-refractivity contribution >= 4 is 5.97 Å². The van der Waals surface area contributed by atoms with Gasteiger partial charge in [0.2, 0.25) is 0 Å². The summed E-state index contributed by atoms with van der Waals surface area (Å²) in [5, 5.41) is 39.7. The summed E-state index contributed by atoms with van der Waals surface area (Å²) in [5.41, 5.74) is 0. The van der Waals surface area contributed by atoms with Gasteiger partial charge in [-0.25, -0.2) is 0 Å². The first-order valence-electron chi connectivity index (χ1n) is 10.9. The molecular formula is C21H44NO5+. The first-order valence-corrected chi connectivity index (χ1v) is 10.9. The van der Waals surface area contributed by atoms with Gasteiger partial charge >= 0.3 is 5.97 Å². The van der Waals surface area contributed by atoms with E-state index in [0.29, 0.717) is 39.0 Å². The first-order chi connectivity index (χ1) is 12.9. The third kappa shape index (κ3) is 14.0. The largest absolute Gasteiger partial charge is 0.481 e. The van der Waals surface area contributed by atoms with Crippen molar-refractivity contribution in [3.63, 3.8) is 0 Å². The predicted molar refractivity (Wildman–Crippen MR) is 109 cm³/mol. The molecule has 0 aromatic rings. The minimum Gasteiger partial charge on any atom is -0.481 e. The van der Waals surface area contributed by atoms with Crippen molar-refractivity contribution in [2.75, 3.05) is 32.8 Å². The van der Waals surface area contributed by atoms with E-state index in [9.17, 15) is 20.1 Å². The highest BCUT2D eigenvalue weighted by molar-refractivity contribution is 5.66. The Morgan fingerprint density at radius 2 is 1.30 bits per heavy atom. The van der Waals surface area contributed by atoms with Crippen molar-refractivity contribution in [3.05, 3.63) is 0 Å². The summed E-state index contributed by atoms with van der Waals surface area (Å²) in [6.45, 7) is 5.70. The van der Waals surface area contributed by atoms with Gasteiger partial charge in [0, 0.05) is 0 Å². The van der Waals surface area contributed by atoms with Crippen LogP contribution in [0, 0.1) is 0 Å².